The van der Waals surface area contributed by atoms with Crippen LogP contribution >= 0.6 is 0 Å². The Morgan fingerprint density at radius 1 is 0.932 bits per heavy atom. The second-order valence-corrected chi connectivity index (χ2v) is 11.4. The fourth-order valence-electron chi connectivity index (χ4n) is 5.28. The van der Waals surface area contributed by atoms with E-state index in [-0.39, 0.29) is 42.6 Å². The molecule has 9 nitrogen and oxygen atoms in total. The molecule has 1 aromatic heterocycles. The lowest BCUT2D eigenvalue weighted by Gasteiger charge is -2.34. The number of rotatable bonds is 12. The monoisotopic (exact) mass is 604 g/mol. The number of halogens is 1. The summed E-state index contributed by atoms with van der Waals surface area (Å²) in [6, 6.07) is 11.4. The van der Waals surface area contributed by atoms with Gasteiger partial charge in [-0.15, -0.1) is 0 Å². The van der Waals surface area contributed by atoms with Gasteiger partial charge < -0.3 is 14.5 Å². The first-order valence-electron chi connectivity index (χ1n) is 15.3. The van der Waals surface area contributed by atoms with Crippen molar-refractivity contribution in [1.82, 2.24) is 19.6 Å². The summed E-state index contributed by atoms with van der Waals surface area (Å²) in [5.74, 6) is -1.55. The number of fused-ring (bicyclic) bond motifs is 1. The molecule has 0 bridgehead atoms. The zero-order valence-electron chi connectivity index (χ0n) is 25.8. The number of allylic oxidation sites excluding steroid dienone is 1. The summed E-state index contributed by atoms with van der Waals surface area (Å²) in [5.41, 5.74) is 1.64. The largest absolute Gasteiger partial charge is 0.442 e. The van der Waals surface area contributed by atoms with E-state index in [1.807, 2.05) is 13.8 Å². The Kier molecular flexibility index (Phi) is 11.4. The van der Waals surface area contributed by atoms with Crippen molar-refractivity contribution in [2.24, 2.45) is 0 Å². The molecule has 0 spiro atoms. The van der Waals surface area contributed by atoms with Crippen LogP contribution in [-0.4, -0.2) is 63.5 Å². The van der Waals surface area contributed by atoms with Gasteiger partial charge in [-0.2, -0.15) is 9.78 Å². The van der Waals surface area contributed by atoms with Crippen LogP contribution in [0.4, 0.5) is 4.39 Å². The summed E-state index contributed by atoms with van der Waals surface area (Å²) in [7, 11) is 0. The molecule has 2 amide bonds. The van der Waals surface area contributed by atoms with Crippen LogP contribution in [0, 0.1) is 5.82 Å². The zero-order chi connectivity index (χ0) is 31.6. The fraction of sp³-hybridized carbons (Fsp3) is 0.441. The van der Waals surface area contributed by atoms with E-state index in [9.17, 15) is 23.6 Å². The molecule has 10 heteroatoms. The lowest BCUT2D eigenvalue weighted by Crippen LogP contribution is -2.50. The highest BCUT2D eigenvalue weighted by Crippen LogP contribution is 2.21. The highest BCUT2D eigenvalue weighted by atomic mass is 19.1. The van der Waals surface area contributed by atoms with E-state index in [0.29, 0.717) is 48.2 Å². The quantitative estimate of drug-likeness (QED) is 0.159. The van der Waals surface area contributed by atoms with E-state index >= 15 is 0 Å². The Bertz CT molecular complexity index is 1590. The van der Waals surface area contributed by atoms with Crippen molar-refractivity contribution in [2.45, 2.75) is 72.4 Å². The number of amides is 2. The van der Waals surface area contributed by atoms with Crippen molar-refractivity contribution in [3.8, 4) is 0 Å². The number of carbonyl (C=O) groups excluding carboxylic acids is 3. The molecular formula is C34H41FN4O5. The lowest BCUT2D eigenvalue weighted by molar-refractivity contribution is -0.148. The van der Waals surface area contributed by atoms with Gasteiger partial charge >= 0.3 is 5.97 Å². The van der Waals surface area contributed by atoms with Gasteiger partial charge in [0, 0.05) is 50.5 Å². The van der Waals surface area contributed by atoms with Gasteiger partial charge in [-0.25, -0.2) is 4.39 Å². The molecular weight excluding hydrogens is 563 g/mol. The number of unbranched alkanes of at least 4 members (excludes halogenated alkanes) is 4. The normalized spacial score (nSPS) is 13.2. The van der Waals surface area contributed by atoms with E-state index in [4.69, 9.17) is 4.74 Å². The van der Waals surface area contributed by atoms with Crippen LogP contribution in [0.25, 0.3) is 10.8 Å². The Labute approximate surface area is 257 Å². The van der Waals surface area contributed by atoms with Crippen LogP contribution in [0.5, 0.6) is 0 Å². The number of nitrogens with zero attached hydrogens (tertiary/aromatic N) is 4. The first kappa shape index (κ1) is 32.6. The predicted octanol–water partition coefficient (Wildman–Crippen LogP) is 5.24. The molecule has 2 heterocycles. The van der Waals surface area contributed by atoms with Gasteiger partial charge in [-0.3, -0.25) is 19.2 Å². The molecule has 0 N–H and O–H groups in total. The third kappa shape index (κ3) is 8.39. The van der Waals surface area contributed by atoms with Crippen molar-refractivity contribution in [1.29, 1.82) is 0 Å². The van der Waals surface area contributed by atoms with Crippen LogP contribution in [0.15, 0.2) is 58.9 Å². The minimum atomic E-state index is -0.633. The molecule has 0 radical (unpaired) electrons. The third-order valence-corrected chi connectivity index (χ3v) is 7.70. The summed E-state index contributed by atoms with van der Waals surface area (Å²) in [6.45, 7) is 6.89. The number of hydrogen-bond acceptors (Lipinski definition) is 6. The maximum atomic E-state index is 14.9. The van der Waals surface area contributed by atoms with E-state index in [1.165, 1.54) is 12.1 Å². The maximum Gasteiger partial charge on any atom is 0.307 e. The summed E-state index contributed by atoms with van der Waals surface area (Å²) >= 11 is 0. The summed E-state index contributed by atoms with van der Waals surface area (Å²) in [4.78, 5) is 54.4. The number of piperazine rings is 1. The number of aromatic nitrogens is 2. The molecule has 1 aliphatic heterocycles. The van der Waals surface area contributed by atoms with Gasteiger partial charge in [0.15, 0.2) is 6.73 Å². The molecule has 2 aromatic carbocycles. The van der Waals surface area contributed by atoms with Crippen molar-refractivity contribution in [3.63, 3.8) is 0 Å². The first-order chi connectivity index (χ1) is 21.2. The number of hydrogen-bond donors (Lipinski definition) is 0. The van der Waals surface area contributed by atoms with Gasteiger partial charge in [0.1, 0.15) is 5.82 Å². The van der Waals surface area contributed by atoms with E-state index in [0.717, 1.165) is 42.4 Å². The zero-order valence-corrected chi connectivity index (χ0v) is 25.8. The van der Waals surface area contributed by atoms with Crippen LogP contribution in [0.2, 0.25) is 0 Å². The maximum absolute atomic E-state index is 14.9. The SMILES string of the molecule is CCCCCCCC(=O)OCn1nc(Cc2ccc(F)c(C(=O)N3CCN(C(=O)C=C(C)C)CC3)c2)c2ccccc2c1=O. The predicted molar refractivity (Wildman–Crippen MR) is 167 cm³/mol. The number of carbonyl (C=O) groups is 3. The average molecular weight is 605 g/mol. The number of ether oxygens (including phenoxy) is 1. The molecule has 4 rings (SSSR count). The van der Waals surface area contributed by atoms with Crippen LogP contribution in [0.1, 0.15) is 80.9 Å². The van der Waals surface area contributed by atoms with E-state index < -0.39 is 11.7 Å². The Hall–Kier alpha value is -4.34. The van der Waals surface area contributed by atoms with Crippen molar-refractivity contribution < 1.29 is 23.5 Å². The minimum Gasteiger partial charge on any atom is -0.442 e. The molecule has 1 saturated heterocycles. The van der Waals surface area contributed by atoms with Crippen molar-refractivity contribution in [2.75, 3.05) is 26.2 Å². The summed E-state index contributed by atoms with van der Waals surface area (Å²) in [6.07, 6.45) is 7.09. The Morgan fingerprint density at radius 2 is 1.61 bits per heavy atom. The molecule has 0 aliphatic carbocycles. The molecule has 0 unspecified atom stereocenters. The van der Waals surface area contributed by atoms with E-state index in [1.54, 1.807) is 46.2 Å². The Balaban J connectivity index is 1.49. The molecule has 1 fully saturated rings. The van der Waals surface area contributed by atoms with Crippen molar-refractivity contribution in [3.05, 3.63) is 87.1 Å². The van der Waals surface area contributed by atoms with Gasteiger partial charge in [0.25, 0.3) is 11.5 Å². The molecule has 0 atom stereocenters. The van der Waals surface area contributed by atoms with Crippen LogP contribution in [-0.2, 0) is 27.5 Å². The van der Waals surface area contributed by atoms with Gasteiger partial charge in [0.05, 0.1) is 16.6 Å². The van der Waals surface area contributed by atoms with Crippen LogP contribution in [0.3, 0.4) is 0 Å². The molecule has 1 aliphatic rings. The second kappa shape index (κ2) is 15.4. The topological polar surface area (TPSA) is 102 Å². The first-order valence-corrected chi connectivity index (χ1v) is 15.3. The van der Waals surface area contributed by atoms with Gasteiger partial charge in [-0.1, -0.05) is 62.4 Å². The lowest BCUT2D eigenvalue weighted by atomic mass is 10.0. The van der Waals surface area contributed by atoms with E-state index in [2.05, 4.69) is 12.0 Å². The standard InChI is InChI=1S/C34H41FN4O5/c1-4-5-6-7-8-13-32(41)44-23-39-34(43)27-12-10-9-11-26(27)30(36-39)22-25-14-15-29(35)28(21-25)33(42)38-18-16-37(17-19-38)31(40)20-24(2)3/h9-12,14-15,20-21H,4-8,13,16-19,22-23H2,1-3H3. The van der Waals surface area contributed by atoms with Crippen molar-refractivity contribution >= 4 is 28.6 Å². The smallest absolute Gasteiger partial charge is 0.307 e. The third-order valence-electron chi connectivity index (χ3n) is 7.70. The molecule has 44 heavy (non-hydrogen) atoms. The highest BCUT2D eigenvalue weighted by molar-refractivity contribution is 5.95. The minimum absolute atomic E-state index is 0.0583. The summed E-state index contributed by atoms with van der Waals surface area (Å²) in [5, 5.41) is 5.57. The number of benzene rings is 2. The summed E-state index contributed by atoms with van der Waals surface area (Å²) < 4.78 is 21.4. The Morgan fingerprint density at radius 3 is 2.32 bits per heavy atom. The number of esters is 1. The fourth-order valence-corrected chi connectivity index (χ4v) is 5.28. The van der Waals surface area contributed by atoms with Gasteiger partial charge in [-0.05, 0) is 44.0 Å². The second-order valence-electron chi connectivity index (χ2n) is 11.4. The van der Waals surface area contributed by atoms with Gasteiger partial charge in [0.2, 0.25) is 5.91 Å². The molecule has 234 valence electrons. The highest BCUT2D eigenvalue weighted by Gasteiger charge is 2.26. The average Bonchev–Trinajstić information content (AvgIpc) is 3.02. The van der Waals surface area contributed by atoms with Crippen LogP contribution < -0.4 is 5.56 Å². The molecule has 0 saturated carbocycles. The molecule has 3 aromatic rings.